The molecule has 35 heavy (non-hydrogen) atoms. The van der Waals surface area contributed by atoms with Crippen LogP contribution in [0.5, 0.6) is 0 Å². The Morgan fingerprint density at radius 1 is 1.11 bits per heavy atom. The second kappa shape index (κ2) is 12.1. The third-order valence-electron chi connectivity index (χ3n) is 6.65. The number of aryl methyl sites for hydroxylation is 1. The molecule has 11 nitrogen and oxygen atoms in total. The van der Waals surface area contributed by atoms with Gasteiger partial charge in [0.15, 0.2) is 5.78 Å². The molecule has 2 aliphatic heterocycles. The van der Waals surface area contributed by atoms with Gasteiger partial charge in [0.05, 0.1) is 12.6 Å². The SMILES string of the molecule is CNCC(=O)N1C[C@H](N)C[C@H]1C(=O)C[C@@H]1C[C@@H](NC(=O)[C@H](O)CCc2ccccc2)CN1C(=O)O. The third-order valence-corrected chi connectivity index (χ3v) is 6.65. The molecule has 1 aromatic rings. The number of likely N-dealkylation sites (N-methyl/N-ethyl adjacent to an activating group) is 1. The zero-order chi connectivity index (χ0) is 25.5. The number of carboxylic acid groups (broad SMARTS) is 1. The lowest BCUT2D eigenvalue weighted by Gasteiger charge is -2.26. The Hall–Kier alpha value is -3.02. The number of ketones is 1. The van der Waals surface area contributed by atoms with Crippen molar-refractivity contribution in [3.8, 4) is 0 Å². The number of carbonyl (C=O) groups excluding carboxylic acids is 3. The fourth-order valence-corrected chi connectivity index (χ4v) is 4.90. The molecule has 5 atom stereocenters. The summed E-state index contributed by atoms with van der Waals surface area (Å²) in [5.41, 5.74) is 7.00. The molecule has 192 valence electrons. The number of aliphatic hydroxyl groups excluding tert-OH is 1. The molecule has 0 radical (unpaired) electrons. The average molecular weight is 490 g/mol. The number of nitrogens with zero attached hydrogens (tertiary/aromatic N) is 2. The molecule has 0 spiro atoms. The first-order valence-corrected chi connectivity index (χ1v) is 11.9. The number of nitrogens with two attached hydrogens (primary N) is 1. The maximum Gasteiger partial charge on any atom is 0.407 e. The van der Waals surface area contributed by atoms with Crippen molar-refractivity contribution in [2.45, 2.75) is 62.4 Å². The van der Waals surface area contributed by atoms with E-state index in [-0.39, 0.29) is 56.6 Å². The van der Waals surface area contributed by atoms with E-state index in [0.717, 1.165) is 10.5 Å². The van der Waals surface area contributed by atoms with Gasteiger partial charge < -0.3 is 36.4 Å². The van der Waals surface area contributed by atoms with Gasteiger partial charge in [-0.25, -0.2) is 4.79 Å². The van der Waals surface area contributed by atoms with E-state index in [1.165, 1.54) is 4.90 Å². The van der Waals surface area contributed by atoms with Gasteiger partial charge in [-0.3, -0.25) is 14.4 Å². The molecular formula is C24H35N5O6. The number of hydrogen-bond donors (Lipinski definition) is 5. The maximum absolute atomic E-state index is 13.1. The van der Waals surface area contributed by atoms with E-state index < -0.39 is 36.2 Å². The van der Waals surface area contributed by atoms with E-state index in [1.54, 1.807) is 7.05 Å². The minimum atomic E-state index is -1.22. The van der Waals surface area contributed by atoms with Crippen LogP contribution >= 0.6 is 0 Å². The molecule has 0 saturated carbocycles. The topological polar surface area (TPSA) is 165 Å². The molecule has 0 bridgehead atoms. The van der Waals surface area contributed by atoms with Crippen LogP contribution in [0.1, 0.15) is 31.2 Å². The molecular weight excluding hydrogens is 454 g/mol. The largest absolute Gasteiger partial charge is 0.465 e. The van der Waals surface area contributed by atoms with Gasteiger partial charge in [0.2, 0.25) is 11.8 Å². The lowest BCUT2D eigenvalue weighted by Crippen LogP contribution is -2.46. The van der Waals surface area contributed by atoms with Gasteiger partial charge in [0.1, 0.15) is 6.10 Å². The Kier molecular flexibility index (Phi) is 9.19. The third kappa shape index (κ3) is 7.00. The van der Waals surface area contributed by atoms with E-state index in [2.05, 4.69) is 10.6 Å². The number of hydrogen-bond acceptors (Lipinski definition) is 7. The highest BCUT2D eigenvalue weighted by Crippen LogP contribution is 2.25. The molecule has 2 heterocycles. The zero-order valence-electron chi connectivity index (χ0n) is 19.9. The molecule has 11 heteroatoms. The second-order valence-corrected chi connectivity index (χ2v) is 9.33. The van der Waals surface area contributed by atoms with Gasteiger partial charge in [-0.15, -0.1) is 0 Å². The molecule has 2 aliphatic rings. The predicted molar refractivity (Wildman–Crippen MR) is 127 cm³/mol. The van der Waals surface area contributed by atoms with Crippen molar-refractivity contribution in [1.29, 1.82) is 0 Å². The molecule has 3 amide bonds. The van der Waals surface area contributed by atoms with Crippen LogP contribution in [0.3, 0.4) is 0 Å². The summed E-state index contributed by atoms with van der Waals surface area (Å²) in [7, 11) is 1.64. The summed E-state index contributed by atoms with van der Waals surface area (Å²) in [5, 5.41) is 25.4. The van der Waals surface area contributed by atoms with Crippen molar-refractivity contribution in [1.82, 2.24) is 20.4 Å². The highest BCUT2D eigenvalue weighted by Gasteiger charge is 2.42. The highest BCUT2D eigenvalue weighted by molar-refractivity contribution is 5.91. The summed E-state index contributed by atoms with van der Waals surface area (Å²) >= 11 is 0. The minimum Gasteiger partial charge on any atom is -0.465 e. The maximum atomic E-state index is 13.1. The molecule has 1 aromatic carbocycles. The Morgan fingerprint density at radius 2 is 1.83 bits per heavy atom. The van der Waals surface area contributed by atoms with E-state index in [4.69, 9.17) is 5.73 Å². The van der Waals surface area contributed by atoms with E-state index >= 15 is 0 Å². The molecule has 2 fully saturated rings. The zero-order valence-corrected chi connectivity index (χ0v) is 19.9. The van der Waals surface area contributed by atoms with E-state index in [1.807, 2.05) is 30.3 Å². The van der Waals surface area contributed by atoms with Crippen LogP contribution in [0.2, 0.25) is 0 Å². The fraction of sp³-hybridized carbons (Fsp3) is 0.583. The molecule has 0 aliphatic carbocycles. The average Bonchev–Trinajstić information content (AvgIpc) is 3.41. The van der Waals surface area contributed by atoms with E-state index in [9.17, 15) is 29.4 Å². The highest BCUT2D eigenvalue weighted by atomic mass is 16.4. The molecule has 3 rings (SSSR count). The Morgan fingerprint density at radius 3 is 2.49 bits per heavy atom. The van der Waals surface area contributed by atoms with Crippen molar-refractivity contribution in [2.75, 3.05) is 26.7 Å². The summed E-state index contributed by atoms with van der Waals surface area (Å²) < 4.78 is 0. The van der Waals surface area contributed by atoms with Gasteiger partial charge in [-0.05, 0) is 38.3 Å². The number of carbonyl (C=O) groups is 4. The quantitative estimate of drug-likeness (QED) is 0.288. The summed E-state index contributed by atoms with van der Waals surface area (Å²) in [4.78, 5) is 52.4. The smallest absolute Gasteiger partial charge is 0.407 e. The van der Waals surface area contributed by atoms with Crippen LogP contribution in [-0.2, 0) is 20.8 Å². The number of aliphatic hydroxyl groups is 1. The van der Waals surface area contributed by atoms with Crippen LogP contribution in [0.4, 0.5) is 4.79 Å². The van der Waals surface area contributed by atoms with Crippen molar-refractivity contribution < 1.29 is 29.4 Å². The summed E-state index contributed by atoms with van der Waals surface area (Å²) in [5.74, 6) is -1.03. The van der Waals surface area contributed by atoms with Gasteiger partial charge in [0, 0.05) is 37.6 Å². The Balaban J connectivity index is 1.56. The Labute approximate surface area is 204 Å². The van der Waals surface area contributed by atoms with Crippen molar-refractivity contribution in [3.63, 3.8) is 0 Å². The number of rotatable bonds is 10. The summed E-state index contributed by atoms with van der Waals surface area (Å²) in [6.07, 6.45) is -1.12. The minimum absolute atomic E-state index is 0.0248. The molecule has 2 saturated heterocycles. The molecule has 0 aromatic heterocycles. The predicted octanol–water partition coefficient (Wildman–Crippen LogP) is -0.676. The number of nitrogens with one attached hydrogen (secondary N) is 2. The van der Waals surface area contributed by atoms with Crippen LogP contribution < -0.4 is 16.4 Å². The normalized spacial score (nSPS) is 24.9. The van der Waals surface area contributed by atoms with Gasteiger partial charge in [-0.1, -0.05) is 30.3 Å². The van der Waals surface area contributed by atoms with Crippen LogP contribution in [0, 0.1) is 0 Å². The first kappa shape index (κ1) is 26.6. The fourth-order valence-electron chi connectivity index (χ4n) is 4.90. The first-order chi connectivity index (χ1) is 16.7. The van der Waals surface area contributed by atoms with Crippen molar-refractivity contribution >= 4 is 23.7 Å². The summed E-state index contributed by atoms with van der Waals surface area (Å²) in [6.45, 7) is 0.392. The van der Waals surface area contributed by atoms with Gasteiger partial charge >= 0.3 is 6.09 Å². The van der Waals surface area contributed by atoms with Crippen LogP contribution in [-0.4, -0.2) is 101 Å². The number of Topliss-reactive ketones (excluding diaryl/α,β-unsaturated/α-hetero) is 1. The van der Waals surface area contributed by atoms with Crippen LogP contribution in [0.15, 0.2) is 30.3 Å². The van der Waals surface area contributed by atoms with Crippen molar-refractivity contribution in [3.05, 3.63) is 35.9 Å². The number of likely N-dealkylation sites (tertiary alicyclic amines) is 2. The number of benzene rings is 1. The molecule has 0 unspecified atom stereocenters. The summed E-state index contributed by atoms with van der Waals surface area (Å²) in [6, 6.07) is 7.34. The second-order valence-electron chi connectivity index (χ2n) is 9.33. The lowest BCUT2D eigenvalue weighted by atomic mass is 9.99. The number of amides is 3. The van der Waals surface area contributed by atoms with Gasteiger partial charge in [-0.2, -0.15) is 0 Å². The Bertz CT molecular complexity index is 913. The van der Waals surface area contributed by atoms with Crippen molar-refractivity contribution in [2.24, 2.45) is 5.73 Å². The molecule has 6 N–H and O–H groups in total. The lowest BCUT2D eigenvalue weighted by molar-refractivity contribution is -0.137. The first-order valence-electron chi connectivity index (χ1n) is 11.9. The van der Waals surface area contributed by atoms with E-state index in [0.29, 0.717) is 12.8 Å². The standard InChI is InChI=1S/C24H35N5O6/c1-26-12-22(32)29-13-16(25)9-19(29)21(31)11-18-10-17(14-28(18)24(34)35)27-23(33)20(30)8-7-15-5-3-2-4-6-15/h2-6,16-20,26,30H,7-14,25H2,1H3,(H,27,33)(H,34,35)/t16-,17-,18+,19+,20-/m1/s1. The monoisotopic (exact) mass is 489 g/mol. The van der Waals surface area contributed by atoms with Crippen LogP contribution in [0.25, 0.3) is 0 Å². The van der Waals surface area contributed by atoms with Gasteiger partial charge in [0.25, 0.3) is 0 Å².